The standard InChI is InChI=1S/C14H12.C9H7N.C6H6O3S/c1-3-7-13(8-4-1)11-12-14-9-5-2-6-10-14;1-2-6-9-8(4-1)5-3-7-10-9;7-10(8,9)6-4-2-1-3-5-6/h1-12H;1-7H;1-5H,(H,7,8,9)/b12-11+;;. The van der Waals surface area contributed by atoms with Crippen molar-refractivity contribution in [3.63, 3.8) is 0 Å². The average molecular weight is 468 g/mol. The maximum atomic E-state index is 10.4. The van der Waals surface area contributed by atoms with Gasteiger partial charge in [-0.1, -0.05) is 115 Å². The quantitative estimate of drug-likeness (QED) is 0.229. The summed E-state index contributed by atoms with van der Waals surface area (Å²) in [4.78, 5) is 4.11. The summed E-state index contributed by atoms with van der Waals surface area (Å²) >= 11 is 0. The molecule has 4 nitrogen and oxygen atoms in total. The van der Waals surface area contributed by atoms with Crippen LogP contribution in [0, 0.1) is 0 Å². The van der Waals surface area contributed by atoms with Crippen molar-refractivity contribution in [2.24, 2.45) is 0 Å². The molecule has 0 radical (unpaired) electrons. The fraction of sp³-hybridized carbons (Fsp3) is 0. The van der Waals surface area contributed by atoms with E-state index in [1.165, 1.54) is 28.6 Å². The summed E-state index contributed by atoms with van der Waals surface area (Å²) < 4.78 is 29.2. The van der Waals surface area contributed by atoms with E-state index in [0.29, 0.717) is 0 Å². The van der Waals surface area contributed by atoms with Crippen molar-refractivity contribution in [2.75, 3.05) is 0 Å². The minimum atomic E-state index is -4.00. The van der Waals surface area contributed by atoms with Crippen LogP contribution < -0.4 is 0 Å². The van der Waals surface area contributed by atoms with Crippen molar-refractivity contribution < 1.29 is 13.0 Å². The van der Waals surface area contributed by atoms with Gasteiger partial charge in [-0.25, -0.2) is 0 Å². The first-order valence-corrected chi connectivity index (χ1v) is 12.1. The summed E-state index contributed by atoms with van der Waals surface area (Å²) in [6, 6.07) is 40.1. The molecule has 0 bridgehead atoms. The molecule has 4 aromatic carbocycles. The van der Waals surface area contributed by atoms with Crippen LogP contribution in [0.15, 0.2) is 138 Å². The summed E-state index contributed by atoms with van der Waals surface area (Å²) in [5.41, 5.74) is 3.53. The van der Waals surface area contributed by atoms with E-state index in [4.69, 9.17) is 4.55 Å². The second-order valence-corrected chi connectivity index (χ2v) is 8.56. The number of para-hydroxylation sites is 1. The third-order valence-electron chi connectivity index (χ3n) is 4.62. The molecule has 0 saturated carbocycles. The SMILES string of the molecule is C(=C\c1ccccc1)/c1ccccc1.O=S(=O)(O)c1ccccc1.c1ccc2ncccc2c1. The highest BCUT2D eigenvalue weighted by atomic mass is 32.2. The molecule has 0 atom stereocenters. The molecule has 0 aliphatic carbocycles. The second-order valence-electron chi connectivity index (χ2n) is 7.14. The molecule has 170 valence electrons. The van der Waals surface area contributed by atoms with Crippen LogP contribution in [0.1, 0.15) is 11.1 Å². The van der Waals surface area contributed by atoms with Crippen LogP contribution in [0.2, 0.25) is 0 Å². The van der Waals surface area contributed by atoms with Gasteiger partial charge in [0.25, 0.3) is 10.1 Å². The van der Waals surface area contributed by atoms with E-state index in [1.54, 1.807) is 18.2 Å². The summed E-state index contributed by atoms with van der Waals surface area (Å²) in [6.45, 7) is 0. The highest BCUT2D eigenvalue weighted by Crippen LogP contribution is 2.08. The van der Waals surface area contributed by atoms with Crippen molar-refractivity contribution in [3.8, 4) is 0 Å². The zero-order chi connectivity index (χ0) is 24.1. The van der Waals surface area contributed by atoms with E-state index in [0.717, 1.165) is 5.52 Å². The molecule has 34 heavy (non-hydrogen) atoms. The lowest BCUT2D eigenvalue weighted by atomic mass is 10.1. The van der Waals surface area contributed by atoms with Gasteiger partial charge in [0.05, 0.1) is 10.4 Å². The summed E-state index contributed by atoms with van der Waals surface area (Å²) in [6.07, 6.45) is 6.05. The average Bonchev–Trinajstić information content (AvgIpc) is 2.90. The van der Waals surface area contributed by atoms with Crippen molar-refractivity contribution in [2.45, 2.75) is 4.90 Å². The first-order valence-electron chi connectivity index (χ1n) is 10.6. The van der Waals surface area contributed by atoms with Crippen LogP contribution in [-0.4, -0.2) is 18.0 Å². The van der Waals surface area contributed by atoms with Crippen molar-refractivity contribution in [1.29, 1.82) is 0 Å². The number of rotatable bonds is 3. The van der Waals surface area contributed by atoms with E-state index < -0.39 is 10.1 Å². The largest absolute Gasteiger partial charge is 0.294 e. The smallest absolute Gasteiger partial charge is 0.282 e. The van der Waals surface area contributed by atoms with Gasteiger partial charge in [0.1, 0.15) is 0 Å². The Kier molecular flexibility index (Phi) is 9.29. The van der Waals surface area contributed by atoms with Gasteiger partial charge >= 0.3 is 0 Å². The Bertz CT molecular complexity index is 1300. The molecule has 0 aliphatic rings. The number of fused-ring (bicyclic) bond motifs is 1. The summed E-state index contributed by atoms with van der Waals surface area (Å²) in [5, 5.41) is 1.20. The lowest BCUT2D eigenvalue weighted by Crippen LogP contribution is -1.96. The zero-order valence-electron chi connectivity index (χ0n) is 18.5. The van der Waals surface area contributed by atoms with Gasteiger partial charge in [0, 0.05) is 11.6 Å². The molecule has 0 aliphatic heterocycles. The predicted molar refractivity (Wildman–Crippen MR) is 140 cm³/mol. The molecular weight excluding hydrogens is 442 g/mol. The highest BCUT2D eigenvalue weighted by Gasteiger charge is 2.05. The van der Waals surface area contributed by atoms with Crippen LogP contribution in [0.3, 0.4) is 0 Å². The molecule has 1 aromatic heterocycles. The van der Waals surface area contributed by atoms with Crippen molar-refractivity contribution >= 4 is 33.2 Å². The minimum absolute atomic E-state index is 0.0741. The van der Waals surface area contributed by atoms with Gasteiger partial charge in [-0.05, 0) is 35.4 Å². The number of pyridine rings is 1. The van der Waals surface area contributed by atoms with Crippen molar-refractivity contribution in [3.05, 3.63) is 145 Å². The first-order chi connectivity index (χ1) is 16.5. The molecule has 5 rings (SSSR count). The number of hydrogen-bond donors (Lipinski definition) is 1. The molecule has 1 heterocycles. The second kappa shape index (κ2) is 12.8. The van der Waals surface area contributed by atoms with Gasteiger partial charge in [-0.3, -0.25) is 9.54 Å². The molecule has 1 N–H and O–H groups in total. The molecule has 0 fully saturated rings. The maximum absolute atomic E-state index is 10.4. The van der Waals surface area contributed by atoms with Crippen molar-refractivity contribution in [1.82, 2.24) is 4.98 Å². The molecule has 0 spiro atoms. The van der Waals surface area contributed by atoms with E-state index in [-0.39, 0.29) is 4.90 Å². The van der Waals surface area contributed by atoms with Gasteiger partial charge < -0.3 is 0 Å². The fourth-order valence-corrected chi connectivity index (χ4v) is 3.43. The van der Waals surface area contributed by atoms with Crippen LogP contribution in [0.5, 0.6) is 0 Å². The Morgan fingerprint density at radius 1 is 0.559 bits per heavy atom. The van der Waals surface area contributed by atoms with E-state index in [2.05, 4.69) is 53.5 Å². The Morgan fingerprint density at radius 2 is 1.00 bits per heavy atom. The highest BCUT2D eigenvalue weighted by molar-refractivity contribution is 7.85. The van der Waals surface area contributed by atoms with Gasteiger partial charge in [-0.2, -0.15) is 8.42 Å². The van der Waals surface area contributed by atoms with E-state index in [9.17, 15) is 8.42 Å². The van der Waals surface area contributed by atoms with Gasteiger partial charge in [0.2, 0.25) is 0 Å². The molecule has 5 heteroatoms. The lowest BCUT2D eigenvalue weighted by Gasteiger charge is -1.92. The molecule has 0 unspecified atom stereocenters. The number of nitrogens with zero attached hydrogens (tertiary/aromatic N) is 1. The number of benzene rings is 4. The molecule has 0 amide bonds. The van der Waals surface area contributed by atoms with Crippen LogP contribution in [-0.2, 0) is 10.1 Å². The Labute approximate surface area is 200 Å². The Hall–Kier alpha value is -4.06. The maximum Gasteiger partial charge on any atom is 0.294 e. The summed E-state index contributed by atoms with van der Waals surface area (Å²) in [7, 11) is -4.00. The van der Waals surface area contributed by atoms with Crippen LogP contribution in [0.4, 0.5) is 0 Å². The zero-order valence-corrected chi connectivity index (χ0v) is 19.3. The number of hydrogen-bond acceptors (Lipinski definition) is 3. The summed E-state index contributed by atoms with van der Waals surface area (Å²) in [5.74, 6) is 0. The monoisotopic (exact) mass is 467 g/mol. The molecule has 5 aromatic rings. The number of aromatic nitrogens is 1. The Morgan fingerprint density at radius 3 is 1.47 bits per heavy atom. The van der Waals surface area contributed by atoms with Crippen LogP contribution in [0.25, 0.3) is 23.1 Å². The third-order valence-corrected chi connectivity index (χ3v) is 5.49. The lowest BCUT2D eigenvalue weighted by molar-refractivity contribution is 0.483. The van der Waals surface area contributed by atoms with Crippen LogP contribution >= 0.6 is 0 Å². The first kappa shape index (κ1) is 24.6. The Balaban J connectivity index is 0.000000146. The van der Waals surface area contributed by atoms with E-state index >= 15 is 0 Å². The minimum Gasteiger partial charge on any atom is -0.282 e. The molecule has 0 saturated heterocycles. The van der Waals surface area contributed by atoms with Gasteiger partial charge in [0.15, 0.2) is 0 Å². The topological polar surface area (TPSA) is 67.3 Å². The predicted octanol–water partition coefficient (Wildman–Crippen LogP) is 7.03. The third kappa shape index (κ3) is 8.47. The van der Waals surface area contributed by atoms with E-state index in [1.807, 2.05) is 66.9 Å². The van der Waals surface area contributed by atoms with Gasteiger partial charge in [-0.15, -0.1) is 0 Å². The normalized spacial score (nSPS) is 10.6. The molecular formula is C29H25NO3S. The fourth-order valence-electron chi connectivity index (χ4n) is 2.93.